The van der Waals surface area contributed by atoms with E-state index in [2.05, 4.69) is 30.5 Å². The zero-order valence-electron chi connectivity index (χ0n) is 10.0. The second-order valence-electron chi connectivity index (χ2n) is 5.92. The summed E-state index contributed by atoms with van der Waals surface area (Å²) in [5.41, 5.74) is 6.28. The molecule has 2 aliphatic heterocycles. The average molecular weight is 228 g/mol. The first-order valence-corrected chi connectivity index (χ1v) is 7.28. The van der Waals surface area contributed by atoms with Crippen molar-refractivity contribution in [3.63, 3.8) is 0 Å². The molecule has 0 aromatic rings. The summed E-state index contributed by atoms with van der Waals surface area (Å²) in [7, 11) is 0. The number of hydrogen-bond acceptors (Lipinski definition) is 3. The Morgan fingerprint density at radius 2 is 2.27 bits per heavy atom. The molecule has 3 heteroatoms. The molecule has 2 saturated heterocycles. The molecule has 0 spiro atoms. The molecule has 2 aliphatic rings. The Morgan fingerprint density at radius 1 is 1.47 bits per heavy atom. The van der Waals surface area contributed by atoms with Crippen molar-refractivity contribution in [2.24, 2.45) is 17.1 Å². The van der Waals surface area contributed by atoms with Crippen LogP contribution in [0.3, 0.4) is 0 Å². The second kappa shape index (κ2) is 4.64. The van der Waals surface area contributed by atoms with Gasteiger partial charge in [-0.1, -0.05) is 13.8 Å². The van der Waals surface area contributed by atoms with Crippen molar-refractivity contribution in [2.75, 3.05) is 31.1 Å². The number of hydrogen-bond donors (Lipinski definition) is 1. The summed E-state index contributed by atoms with van der Waals surface area (Å²) in [5, 5.41) is 0. The van der Waals surface area contributed by atoms with Gasteiger partial charge < -0.3 is 5.73 Å². The van der Waals surface area contributed by atoms with Gasteiger partial charge in [0.05, 0.1) is 0 Å². The quantitative estimate of drug-likeness (QED) is 0.781. The molecule has 2 rings (SSSR count). The van der Waals surface area contributed by atoms with Crippen LogP contribution in [0, 0.1) is 11.3 Å². The number of nitrogens with two attached hydrogens (primary N) is 1. The van der Waals surface area contributed by atoms with Crippen molar-refractivity contribution in [3.8, 4) is 0 Å². The van der Waals surface area contributed by atoms with Gasteiger partial charge in [-0.15, -0.1) is 0 Å². The summed E-state index contributed by atoms with van der Waals surface area (Å²) >= 11 is 2.13. The highest BCUT2D eigenvalue weighted by molar-refractivity contribution is 7.99. The lowest BCUT2D eigenvalue weighted by molar-refractivity contribution is 0.186. The smallest absolute Gasteiger partial charge is 0.0191 e. The van der Waals surface area contributed by atoms with Gasteiger partial charge in [-0.05, 0) is 43.0 Å². The summed E-state index contributed by atoms with van der Waals surface area (Å²) in [4.78, 5) is 2.69. The third-order valence-electron chi connectivity index (χ3n) is 3.76. The fourth-order valence-corrected chi connectivity index (χ4v) is 4.24. The maximum Gasteiger partial charge on any atom is 0.0191 e. The minimum atomic E-state index is 0.536. The summed E-state index contributed by atoms with van der Waals surface area (Å²) in [5.74, 6) is 3.43. The molecule has 15 heavy (non-hydrogen) atoms. The minimum Gasteiger partial charge on any atom is -0.330 e. The first-order valence-electron chi connectivity index (χ1n) is 6.12. The summed E-state index contributed by atoms with van der Waals surface area (Å²) in [6.45, 7) is 8.21. The Bertz CT molecular complexity index is 218. The van der Waals surface area contributed by atoms with E-state index in [0.29, 0.717) is 5.41 Å². The molecule has 2 N–H and O–H groups in total. The number of nitrogens with zero attached hydrogens (tertiary/aromatic N) is 1. The van der Waals surface area contributed by atoms with Gasteiger partial charge in [0, 0.05) is 18.3 Å². The third-order valence-corrected chi connectivity index (χ3v) is 5.36. The first-order chi connectivity index (χ1) is 7.11. The van der Waals surface area contributed by atoms with E-state index >= 15 is 0 Å². The molecule has 2 atom stereocenters. The molecular weight excluding hydrogens is 204 g/mol. The zero-order chi connectivity index (χ0) is 10.9. The Balaban J connectivity index is 1.88. The van der Waals surface area contributed by atoms with E-state index in [1.54, 1.807) is 0 Å². The van der Waals surface area contributed by atoms with Gasteiger partial charge >= 0.3 is 0 Å². The molecular formula is C12H24N2S. The van der Waals surface area contributed by atoms with Crippen molar-refractivity contribution in [1.29, 1.82) is 0 Å². The molecule has 2 heterocycles. The Morgan fingerprint density at radius 3 is 2.87 bits per heavy atom. The zero-order valence-corrected chi connectivity index (χ0v) is 10.9. The van der Waals surface area contributed by atoms with Crippen molar-refractivity contribution >= 4 is 11.8 Å². The average Bonchev–Trinajstić information content (AvgIpc) is 2.64. The lowest BCUT2D eigenvalue weighted by Gasteiger charge is -2.39. The number of rotatable bonds is 2. The molecule has 2 unspecified atom stereocenters. The first kappa shape index (κ1) is 11.7. The van der Waals surface area contributed by atoms with Crippen LogP contribution in [-0.2, 0) is 0 Å². The van der Waals surface area contributed by atoms with Crippen molar-refractivity contribution < 1.29 is 0 Å². The summed E-state index contributed by atoms with van der Waals surface area (Å²) in [6.07, 6.45) is 2.69. The second-order valence-corrected chi connectivity index (χ2v) is 6.95. The van der Waals surface area contributed by atoms with Gasteiger partial charge in [-0.25, -0.2) is 0 Å². The number of likely N-dealkylation sites (tertiary alicyclic amines) is 1. The predicted octanol–water partition coefficient (Wildman–Crippen LogP) is 1.80. The van der Waals surface area contributed by atoms with Crippen molar-refractivity contribution in [2.45, 2.75) is 32.7 Å². The third kappa shape index (κ3) is 2.89. The van der Waals surface area contributed by atoms with Crippen LogP contribution < -0.4 is 5.73 Å². The maximum absolute atomic E-state index is 5.75. The van der Waals surface area contributed by atoms with Crippen LogP contribution in [0.15, 0.2) is 0 Å². The minimum absolute atomic E-state index is 0.536. The van der Waals surface area contributed by atoms with E-state index in [1.165, 1.54) is 37.4 Å². The van der Waals surface area contributed by atoms with Gasteiger partial charge in [0.15, 0.2) is 0 Å². The fourth-order valence-electron chi connectivity index (χ4n) is 2.85. The summed E-state index contributed by atoms with van der Waals surface area (Å²) in [6, 6.07) is 0.815. The van der Waals surface area contributed by atoms with Crippen LogP contribution in [0.2, 0.25) is 0 Å². The fraction of sp³-hybridized carbons (Fsp3) is 1.00. The molecule has 88 valence electrons. The van der Waals surface area contributed by atoms with E-state index in [1.807, 2.05) is 0 Å². The van der Waals surface area contributed by atoms with Crippen LogP contribution >= 0.6 is 11.8 Å². The van der Waals surface area contributed by atoms with Crippen LogP contribution in [0.1, 0.15) is 26.7 Å². The normalized spacial score (nSPS) is 37.0. The Labute approximate surface area is 98.0 Å². The molecule has 0 aromatic carbocycles. The molecule has 2 fully saturated rings. The van der Waals surface area contributed by atoms with E-state index < -0.39 is 0 Å². The van der Waals surface area contributed by atoms with E-state index in [4.69, 9.17) is 5.73 Å². The van der Waals surface area contributed by atoms with Crippen LogP contribution in [-0.4, -0.2) is 42.1 Å². The van der Waals surface area contributed by atoms with Crippen LogP contribution in [0.4, 0.5) is 0 Å². The molecule has 0 radical (unpaired) electrons. The van der Waals surface area contributed by atoms with Gasteiger partial charge in [0.25, 0.3) is 0 Å². The largest absolute Gasteiger partial charge is 0.330 e. The summed E-state index contributed by atoms with van der Waals surface area (Å²) < 4.78 is 0. The topological polar surface area (TPSA) is 29.3 Å². The maximum atomic E-state index is 5.75. The molecule has 0 amide bonds. The monoisotopic (exact) mass is 228 g/mol. The lowest BCUT2D eigenvalue weighted by atomic mass is 9.87. The molecule has 0 aromatic heterocycles. The molecule has 0 bridgehead atoms. The van der Waals surface area contributed by atoms with Gasteiger partial charge in [-0.2, -0.15) is 11.8 Å². The van der Waals surface area contributed by atoms with Gasteiger partial charge in [0.2, 0.25) is 0 Å². The molecule has 0 aliphatic carbocycles. The predicted molar refractivity (Wildman–Crippen MR) is 68.2 cm³/mol. The van der Waals surface area contributed by atoms with Crippen molar-refractivity contribution in [3.05, 3.63) is 0 Å². The van der Waals surface area contributed by atoms with Crippen molar-refractivity contribution in [1.82, 2.24) is 4.90 Å². The van der Waals surface area contributed by atoms with E-state index in [0.717, 1.165) is 18.5 Å². The highest BCUT2D eigenvalue weighted by Crippen LogP contribution is 2.36. The number of thioether (sulfide) groups is 1. The molecule has 2 nitrogen and oxygen atoms in total. The Hall–Kier alpha value is 0.270. The lowest BCUT2D eigenvalue weighted by Crippen LogP contribution is -2.42. The van der Waals surface area contributed by atoms with E-state index in [-0.39, 0.29) is 0 Å². The van der Waals surface area contributed by atoms with Crippen LogP contribution in [0.5, 0.6) is 0 Å². The Kier molecular flexibility index (Phi) is 3.63. The van der Waals surface area contributed by atoms with Gasteiger partial charge in [-0.3, -0.25) is 4.90 Å². The highest BCUT2D eigenvalue weighted by atomic mass is 32.2. The van der Waals surface area contributed by atoms with Gasteiger partial charge in [0.1, 0.15) is 0 Å². The SMILES string of the molecule is CC1(C)CSCC(N2CCC(CN)C2)C1. The standard InChI is InChI=1S/C12H24N2S/c1-12(2)5-11(8-15-9-12)14-4-3-10(6-13)7-14/h10-11H,3-9,13H2,1-2H3. The molecule has 0 saturated carbocycles. The van der Waals surface area contributed by atoms with E-state index in [9.17, 15) is 0 Å². The highest BCUT2D eigenvalue weighted by Gasteiger charge is 2.34. The van der Waals surface area contributed by atoms with Crippen LogP contribution in [0.25, 0.3) is 0 Å².